The Morgan fingerprint density at radius 2 is 1.74 bits per heavy atom. The van der Waals surface area contributed by atoms with Crippen LogP contribution in [0.1, 0.15) is 68.4 Å². The molecule has 0 N–H and O–H groups in total. The number of halogens is 3. The van der Waals surface area contributed by atoms with Gasteiger partial charge in [-0.1, -0.05) is 63.1 Å². The van der Waals surface area contributed by atoms with Crippen LogP contribution in [0.5, 0.6) is 0 Å². The molecule has 0 nitrogen and oxygen atoms in total. The highest BCUT2D eigenvalue weighted by molar-refractivity contribution is 6.32. The lowest BCUT2D eigenvalue weighted by Crippen LogP contribution is -1.95. The molecule has 0 aromatic heterocycles. The van der Waals surface area contributed by atoms with Gasteiger partial charge in [0.05, 0.1) is 5.38 Å². The van der Waals surface area contributed by atoms with Crippen molar-refractivity contribution in [3.8, 4) is 0 Å². The molecule has 0 saturated heterocycles. The molecule has 0 heterocycles. The van der Waals surface area contributed by atoms with Crippen LogP contribution >= 0.6 is 23.2 Å². The van der Waals surface area contributed by atoms with Crippen LogP contribution in [-0.4, -0.2) is 0 Å². The maximum absolute atomic E-state index is 13.3. The van der Waals surface area contributed by atoms with E-state index in [9.17, 15) is 4.39 Å². The van der Waals surface area contributed by atoms with E-state index in [0.29, 0.717) is 10.6 Å². The number of hydrogen-bond acceptors (Lipinski definition) is 0. The maximum Gasteiger partial charge on any atom is 0.127 e. The topological polar surface area (TPSA) is 0 Å². The van der Waals surface area contributed by atoms with Gasteiger partial charge in [0, 0.05) is 5.02 Å². The first-order chi connectivity index (χ1) is 9.06. The number of unbranched alkanes of at least 4 members (excludes halogenated alkanes) is 5. The van der Waals surface area contributed by atoms with Gasteiger partial charge in [-0.2, -0.15) is 0 Å². The van der Waals surface area contributed by atoms with Gasteiger partial charge in [0.2, 0.25) is 0 Å². The number of benzene rings is 1. The summed E-state index contributed by atoms with van der Waals surface area (Å²) in [7, 11) is 0. The minimum atomic E-state index is -0.266. The van der Waals surface area contributed by atoms with Gasteiger partial charge in [-0.15, -0.1) is 11.6 Å². The fourth-order valence-electron chi connectivity index (χ4n) is 2.18. The van der Waals surface area contributed by atoms with Crippen LogP contribution in [0, 0.1) is 12.7 Å². The fraction of sp³-hybridized carbons (Fsp3) is 0.625. The van der Waals surface area contributed by atoms with Gasteiger partial charge in [-0.25, -0.2) is 4.39 Å². The Morgan fingerprint density at radius 1 is 1.11 bits per heavy atom. The SMILES string of the molecule is CCCCCCCCC(Cl)c1cc(C)c(F)cc1Cl. The van der Waals surface area contributed by atoms with E-state index >= 15 is 0 Å². The zero-order valence-electron chi connectivity index (χ0n) is 11.8. The molecule has 3 heteroatoms. The molecule has 0 bridgehead atoms. The van der Waals surface area contributed by atoms with Crippen LogP contribution in [0.15, 0.2) is 12.1 Å². The Kier molecular flexibility index (Phi) is 7.78. The molecule has 0 amide bonds. The highest BCUT2D eigenvalue weighted by Crippen LogP contribution is 2.33. The second kappa shape index (κ2) is 8.81. The molecule has 0 aliphatic heterocycles. The van der Waals surface area contributed by atoms with Crippen LogP contribution < -0.4 is 0 Å². The van der Waals surface area contributed by atoms with E-state index in [4.69, 9.17) is 23.2 Å². The van der Waals surface area contributed by atoms with Crippen molar-refractivity contribution in [2.45, 2.75) is 64.2 Å². The molecule has 1 unspecified atom stereocenters. The molecule has 0 radical (unpaired) electrons. The van der Waals surface area contributed by atoms with Gasteiger partial charge >= 0.3 is 0 Å². The third-order valence-corrected chi connectivity index (χ3v) is 4.21. The zero-order valence-corrected chi connectivity index (χ0v) is 13.3. The molecule has 19 heavy (non-hydrogen) atoms. The quantitative estimate of drug-likeness (QED) is 0.365. The first-order valence-electron chi connectivity index (χ1n) is 7.15. The third kappa shape index (κ3) is 5.71. The Bertz CT molecular complexity index is 391. The predicted molar refractivity (Wildman–Crippen MR) is 82.7 cm³/mol. The van der Waals surface area contributed by atoms with Gasteiger partial charge in [0.1, 0.15) is 5.82 Å². The van der Waals surface area contributed by atoms with Crippen LogP contribution in [0.3, 0.4) is 0 Å². The number of hydrogen-bond donors (Lipinski definition) is 0. The van der Waals surface area contributed by atoms with Crippen molar-refractivity contribution in [3.05, 3.63) is 34.1 Å². The maximum atomic E-state index is 13.3. The molecular formula is C16H23Cl2F. The molecule has 0 fully saturated rings. The lowest BCUT2D eigenvalue weighted by molar-refractivity contribution is 0.583. The Morgan fingerprint density at radius 3 is 2.42 bits per heavy atom. The van der Waals surface area contributed by atoms with Crippen molar-refractivity contribution >= 4 is 23.2 Å². The van der Waals surface area contributed by atoms with Gasteiger partial charge < -0.3 is 0 Å². The Labute approximate surface area is 126 Å². The standard InChI is InChI=1S/C16H23Cl2F/c1-3-4-5-6-7-8-9-14(17)13-10-12(2)16(19)11-15(13)18/h10-11,14H,3-9H2,1-2H3. The van der Waals surface area contributed by atoms with Crippen LogP contribution in [0.4, 0.5) is 4.39 Å². The summed E-state index contributed by atoms with van der Waals surface area (Å²) in [5.74, 6) is -0.266. The van der Waals surface area contributed by atoms with Gasteiger partial charge in [0.15, 0.2) is 0 Å². The van der Waals surface area contributed by atoms with E-state index in [1.165, 1.54) is 38.2 Å². The summed E-state index contributed by atoms with van der Waals surface area (Å²) < 4.78 is 13.3. The number of alkyl halides is 1. The second-order valence-electron chi connectivity index (χ2n) is 5.15. The van der Waals surface area contributed by atoms with Crippen molar-refractivity contribution in [1.82, 2.24) is 0 Å². The molecular weight excluding hydrogens is 282 g/mol. The average Bonchev–Trinajstić information content (AvgIpc) is 2.37. The van der Waals surface area contributed by atoms with E-state index < -0.39 is 0 Å². The summed E-state index contributed by atoms with van der Waals surface area (Å²) >= 11 is 12.4. The van der Waals surface area contributed by atoms with Crippen LogP contribution in [-0.2, 0) is 0 Å². The van der Waals surface area contributed by atoms with Crippen LogP contribution in [0.2, 0.25) is 5.02 Å². The minimum absolute atomic E-state index is 0.113. The highest BCUT2D eigenvalue weighted by atomic mass is 35.5. The van der Waals surface area contributed by atoms with E-state index in [-0.39, 0.29) is 11.2 Å². The lowest BCUT2D eigenvalue weighted by atomic mass is 10.0. The van der Waals surface area contributed by atoms with Gasteiger partial charge in [-0.05, 0) is 30.5 Å². The van der Waals surface area contributed by atoms with Crippen LogP contribution in [0.25, 0.3) is 0 Å². The highest BCUT2D eigenvalue weighted by Gasteiger charge is 2.14. The smallest absolute Gasteiger partial charge is 0.127 e. The average molecular weight is 305 g/mol. The monoisotopic (exact) mass is 304 g/mol. The zero-order chi connectivity index (χ0) is 14.3. The van der Waals surface area contributed by atoms with E-state index in [0.717, 1.165) is 18.4 Å². The molecule has 1 rings (SSSR count). The number of aryl methyl sites for hydroxylation is 1. The lowest BCUT2D eigenvalue weighted by Gasteiger charge is -2.13. The minimum Gasteiger partial charge on any atom is -0.207 e. The number of rotatable bonds is 8. The van der Waals surface area contributed by atoms with E-state index in [1.54, 1.807) is 13.0 Å². The predicted octanol–water partition coefficient (Wildman–Crippen LogP) is 6.82. The summed E-state index contributed by atoms with van der Waals surface area (Å²) in [4.78, 5) is 0. The molecule has 1 atom stereocenters. The van der Waals surface area contributed by atoms with E-state index in [1.807, 2.05) is 0 Å². The van der Waals surface area contributed by atoms with E-state index in [2.05, 4.69) is 6.92 Å². The first kappa shape index (κ1) is 16.8. The second-order valence-corrected chi connectivity index (χ2v) is 6.08. The summed E-state index contributed by atoms with van der Waals surface area (Å²) in [5.41, 5.74) is 1.46. The van der Waals surface area contributed by atoms with Crippen molar-refractivity contribution < 1.29 is 4.39 Å². The summed E-state index contributed by atoms with van der Waals surface area (Å²) in [6, 6.07) is 3.13. The molecule has 1 aromatic rings. The van der Waals surface area contributed by atoms with Gasteiger partial charge in [0.25, 0.3) is 0 Å². The summed E-state index contributed by atoms with van der Waals surface area (Å²) in [6.45, 7) is 3.96. The molecule has 0 aliphatic rings. The molecule has 0 saturated carbocycles. The largest absolute Gasteiger partial charge is 0.207 e. The molecule has 0 aliphatic carbocycles. The molecule has 0 spiro atoms. The Balaban J connectivity index is 2.41. The Hall–Kier alpha value is -0.270. The third-order valence-electron chi connectivity index (χ3n) is 3.43. The van der Waals surface area contributed by atoms with Crippen molar-refractivity contribution in [3.63, 3.8) is 0 Å². The normalized spacial score (nSPS) is 12.7. The molecule has 108 valence electrons. The summed E-state index contributed by atoms with van der Waals surface area (Å²) in [6.07, 6.45) is 8.37. The van der Waals surface area contributed by atoms with Crippen molar-refractivity contribution in [2.24, 2.45) is 0 Å². The summed E-state index contributed by atoms with van der Waals surface area (Å²) in [5, 5.41) is 0.326. The van der Waals surface area contributed by atoms with Crippen molar-refractivity contribution in [1.29, 1.82) is 0 Å². The first-order valence-corrected chi connectivity index (χ1v) is 7.97. The van der Waals surface area contributed by atoms with Crippen molar-refractivity contribution in [2.75, 3.05) is 0 Å². The van der Waals surface area contributed by atoms with Gasteiger partial charge in [-0.3, -0.25) is 0 Å². The molecule has 1 aromatic carbocycles. The fourth-order valence-corrected chi connectivity index (χ4v) is 2.85.